The van der Waals surface area contributed by atoms with Crippen molar-refractivity contribution in [3.05, 3.63) is 23.3 Å². The second-order valence-corrected chi connectivity index (χ2v) is 5.00. The van der Waals surface area contributed by atoms with E-state index in [1.54, 1.807) is 12.1 Å². The molecule has 0 heterocycles. The molecular weight excluding hydrogens is 272 g/mol. The Kier molecular flexibility index (Phi) is 4.83. The van der Waals surface area contributed by atoms with E-state index in [9.17, 15) is 9.59 Å². The van der Waals surface area contributed by atoms with Gasteiger partial charge in [0.1, 0.15) is 17.4 Å². The lowest BCUT2D eigenvalue weighted by Gasteiger charge is -2.09. The molecule has 21 heavy (non-hydrogen) atoms. The minimum absolute atomic E-state index is 0.219. The van der Waals surface area contributed by atoms with Gasteiger partial charge in [0.05, 0.1) is 20.8 Å². The van der Waals surface area contributed by atoms with Crippen LogP contribution in [-0.2, 0) is 16.0 Å². The number of hydrogen-bond donors (Lipinski definition) is 0. The summed E-state index contributed by atoms with van der Waals surface area (Å²) < 4.78 is 15.6. The third-order valence-corrected chi connectivity index (χ3v) is 3.66. The second-order valence-electron chi connectivity index (χ2n) is 5.00. The van der Waals surface area contributed by atoms with Gasteiger partial charge in [-0.25, -0.2) is 0 Å². The van der Waals surface area contributed by atoms with Gasteiger partial charge in [-0.05, 0) is 18.9 Å². The second kappa shape index (κ2) is 6.61. The Morgan fingerprint density at radius 2 is 2.05 bits per heavy atom. The van der Waals surface area contributed by atoms with Gasteiger partial charge in [0.2, 0.25) is 0 Å². The molecule has 5 heteroatoms. The molecule has 1 aliphatic rings. The highest BCUT2D eigenvalue weighted by molar-refractivity contribution is 6.13. The molecule has 0 amide bonds. The zero-order valence-electron chi connectivity index (χ0n) is 12.6. The van der Waals surface area contributed by atoms with E-state index >= 15 is 0 Å². The molecule has 5 nitrogen and oxygen atoms in total. The van der Waals surface area contributed by atoms with Gasteiger partial charge in [-0.2, -0.15) is 0 Å². The highest BCUT2D eigenvalue weighted by Gasteiger charge is 2.39. The van der Waals surface area contributed by atoms with Gasteiger partial charge in [-0.1, -0.05) is 13.3 Å². The van der Waals surface area contributed by atoms with Crippen molar-refractivity contribution in [3.63, 3.8) is 0 Å². The number of rotatable bonds is 6. The molecule has 1 aromatic rings. The lowest BCUT2D eigenvalue weighted by Crippen LogP contribution is -2.23. The predicted molar refractivity (Wildman–Crippen MR) is 76.9 cm³/mol. The number of esters is 1. The summed E-state index contributed by atoms with van der Waals surface area (Å²) in [6.07, 6.45) is 2.07. The number of unbranched alkanes of at least 4 members (excludes halogenated alkanes) is 1. The van der Waals surface area contributed by atoms with Crippen LogP contribution in [0.1, 0.15) is 35.7 Å². The van der Waals surface area contributed by atoms with Crippen molar-refractivity contribution in [1.29, 1.82) is 0 Å². The van der Waals surface area contributed by atoms with Crippen molar-refractivity contribution in [2.45, 2.75) is 26.2 Å². The van der Waals surface area contributed by atoms with Crippen molar-refractivity contribution in [2.24, 2.45) is 5.92 Å². The van der Waals surface area contributed by atoms with Crippen molar-refractivity contribution >= 4 is 11.8 Å². The molecule has 2 rings (SSSR count). The lowest BCUT2D eigenvalue weighted by atomic mass is 10.1. The van der Waals surface area contributed by atoms with Gasteiger partial charge in [0.25, 0.3) is 0 Å². The zero-order valence-corrected chi connectivity index (χ0v) is 12.6. The molecule has 0 bridgehead atoms. The number of carbonyl (C=O) groups excluding carboxylic acids is 2. The molecule has 1 aromatic carbocycles. The maximum atomic E-state index is 12.4. The summed E-state index contributed by atoms with van der Waals surface area (Å²) in [4.78, 5) is 24.4. The van der Waals surface area contributed by atoms with Gasteiger partial charge < -0.3 is 14.2 Å². The Bertz CT molecular complexity index is 550. The van der Waals surface area contributed by atoms with Crippen molar-refractivity contribution in [2.75, 3.05) is 20.8 Å². The van der Waals surface area contributed by atoms with E-state index in [1.165, 1.54) is 14.2 Å². The normalized spacial score (nSPS) is 16.5. The van der Waals surface area contributed by atoms with Gasteiger partial charge >= 0.3 is 5.97 Å². The molecule has 0 N–H and O–H groups in total. The first kappa shape index (κ1) is 15.4. The van der Waals surface area contributed by atoms with Gasteiger partial charge in [-0.15, -0.1) is 0 Å². The third-order valence-electron chi connectivity index (χ3n) is 3.66. The maximum Gasteiger partial charge on any atom is 0.317 e. The van der Waals surface area contributed by atoms with Gasteiger partial charge in [0, 0.05) is 17.2 Å². The highest BCUT2D eigenvalue weighted by Crippen LogP contribution is 2.37. The number of benzene rings is 1. The van der Waals surface area contributed by atoms with E-state index < -0.39 is 11.9 Å². The van der Waals surface area contributed by atoms with Crippen molar-refractivity contribution < 1.29 is 23.8 Å². The van der Waals surface area contributed by atoms with E-state index in [-0.39, 0.29) is 5.78 Å². The Morgan fingerprint density at radius 1 is 1.29 bits per heavy atom. The molecule has 0 saturated heterocycles. The van der Waals surface area contributed by atoms with E-state index in [0.717, 1.165) is 18.4 Å². The first-order chi connectivity index (χ1) is 10.1. The molecular formula is C16H20O5. The molecule has 1 unspecified atom stereocenters. The molecule has 0 spiro atoms. The Hall–Kier alpha value is -2.04. The molecule has 0 aromatic heterocycles. The Labute approximate surface area is 124 Å². The fraction of sp³-hybridized carbons (Fsp3) is 0.500. The van der Waals surface area contributed by atoms with Crippen LogP contribution in [-0.4, -0.2) is 32.6 Å². The van der Waals surface area contributed by atoms with Crippen LogP contribution in [0.4, 0.5) is 0 Å². The molecule has 114 valence electrons. The SMILES string of the molecule is CCCCOC(=O)C1Cc2c(OC)cc(OC)cc2C1=O. The van der Waals surface area contributed by atoms with E-state index in [2.05, 4.69) is 0 Å². The first-order valence-corrected chi connectivity index (χ1v) is 7.08. The summed E-state index contributed by atoms with van der Waals surface area (Å²) in [7, 11) is 3.06. The summed E-state index contributed by atoms with van der Waals surface area (Å²) in [6, 6.07) is 3.37. The largest absolute Gasteiger partial charge is 0.497 e. The number of ether oxygens (including phenoxy) is 3. The minimum atomic E-state index is -0.766. The van der Waals surface area contributed by atoms with Gasteiger partial charge in [0.15, 0.2) is 5.78 Å². The van der Waals surface area contributed by atoms with Crippen LogP contribution in [0, 0.1) is 5.92 Å². The fourth-order valence-electron chi connectivity index (χ4n) is 2.44. The number of hydrogen-bond acceptors (Lipinski definition) is 5. The van der Waals surface area contributed by atoms with E-state index in [0.29, 0.717) is 30.1 Å². The van der Waals surface area contributed by atoms with Crippen LogP contribution in [0.3, 0.4) is 0 Å². The first-order valence-electron chi connectivity index (χ1n) is 7.08. The summed E-state index contributed by atoms with van der Waals surface area (Å²) in [5.41, 5.74) is 1.24. The number of Topliss-reactive ketones (excluding diaryl/α,β-unsaturated/α-hetero) is 1. The summed E-state index contributed by atoms with van der Waals surface area (Å²) >= 11 is 0. The summed E-state index contributed by atoms with van der Waals surface area (Å²) in [5.74, 6) is -0.326. The maximum absolute atomic E-state index is 12.4. The molecule has 1 aliphatic carbocycles. The summed E-state index contributed by atoms with van der Waals surface area (Å²) in [6.45, 7) is 2.37. The third kappa shape index (κ3) is 3.01. The predicted octanol–water partition coefficient (Wildman–Crippen LogP) is 2.40. The van der Waals surface area contributed by atoms with Crippen LogP contribution < -0.4 is 9.47 Å². The minimum Gasteiger partial charge on any atom is -0.497 e. The van der Waals surface area contributed by atoms with Crippen LogP contribution in [0.5, 0.6) is 11.5 Å². The quantitative estimate of drug-likeness (QED) is 0.458. The van der Waals surface area contributed by atoms with Crippen molar-refractivity contribution in [1.82, 2.24) is 0 Å². The number of methoxy groups -OCH3 is 2. The average molecular weight is 292 g/mol. The van der Waals surface area contributed by atoms with E-state index in [4.69, 9.17) is 14.2 Å². The van der Waals surface area contributed by atoms with Crippen LogP contribution >= 0.6 is 0 Å². The summed E-state index contributed by atoms with van der Waals surface area (Å²) in [5, 5.41) is 0. The van der Waals surface area contributed by atoms with E-state index in [1.807, 2.05) is 6.92 Å². The highest BCUT2D eigenvalue weighted by atomic mass is 16.5. The zero-order chi connectivity index (χ0) is 15.4. The number of carbonyl (C=O) groups is 2. The fourth-order valence-corrected chi connectivity index (χ4v) is 2.44. The topological polar surface area (TPSA) is 61.8 Å². The number of ketones is 1. The monoisotopic (exact) mass is 292 g/mol. The molecule has 0 radical (unpaired) electrons. The smallest absolute Gasteiger partial charge is 0.317 e. The standard InChI is InChI=1S/C16H20O5/c1-4-5-6-21-16(18)13-9-11-12(15(13)17)7-10(19-2)8-14(11)20-3/h7-8,13H,4-6,9H2,1-3H3. The molecule has 1 atom stereocenters. The van der Waals surface area contributed by atoms with Crippen LogP contribution in [0.15, 0.2) is 12.1 Å². The Balaban J connectivity index is 2.21. The van der Waals surface area contributed by atoms with Crippen LogP contribution in [0.2, 0.25) is 0 Å². The van der Waals surface area contributed by atoms with Crippen molar-refractivity contribution in [3.8, 4) is 11.5 Å². The van der Waals surface area contributed by atoms with Gasteiger partial charge in [-0.3, -0.25) is 9.59 Å². The Morgan fingerprint density at radius 3 is 2.67 bits per heavy atom. The molecule has 0 saturated carbocycles. The average Bonchev–Trinajstić information content (AvgIpc) is 2.83. The lowest BCUT2D eigenvalue weighted by molar-refractivity contribution is -0.146. The number of fused-ring (bicyclic) bond motifs is 1. The van der Waals surface area contributed by atoms with Crippen LogP contribution in [0.25, 0.3) is 0 Å². The molecule has 0 fully saturated rings. The molecule has 0 aliphatic heterocycles.